The van der Waals surface area contributed by atoms with Crippen molar-refractivity contribution in [3.63, 3.8) is 0 Å². The maximum atomic E-state index is 16.3. The number of azide groups is 1. The molecule has 284 valence electrons. The molecular weight excluding hydrogens is 794 g/mol. The van der Waals surface area contributed by atoms with Crippen molar-refractivity contribution in [3.05, 3.63) is 35.8 Å². The van der Waals surface area contributed by atoms with Crippen LogP contribution in [0.5, 0.6) is 0 Å². The highest BCUT2D eigenvalue weighted by Gasteiger charge is 2.54. The first-order valence-electron chi connectivity index (χ1n) is 15.3. The standard InChI is InChI=1S/C24H27F2N13O10P2S2/c25-12-16-10(46-22(12)38-8-33-14-18(27)29-6-31-20(14)38)4-44-51(42,53)49-17-11(5-45-50(41,52)48-16)47-23(13(17)26)39-9-34-15-19(30-7-32-21(15)39)36-24(40)43-3-1-2-35-37-28/h6-13,16-17,22-23H,1-5H2,(H,41,52)(H,42,53)(H2,27,29,31)(H,30,32,36,40)/t10-,11-,12-,13-,16-,17-,22-,23-,50?,51?/m1/s1. The number of thiol groups is 1. The molecule has 0 spiro atoms. The van der Waals surface area contributed by atoms with Crippen molar-refractivity contribution in [1.29, 1.82) is 0 Å². The van der Waals surface area contributed by atoms with Crippen molar-refractivity contribution in [3.8, 4) is 0 Å². The second-order valence-corrected chi connectivity index (χ2v) is 17.1. The fourth-order valence-electron chi connectivity index (χ4n) is 5.72. The number of nitrogens with zero attached hydrogens (tertiary/aromatic N) is 11. The Bertz CT molecular complexity index is 2170. The number of nitrogens with two attached hydrogens (primary N) is 1. The first kappa shape index (κ1) is 37.6. The molecule has 3 fully saturated rings. The predicted octanol–water partition coefficient (Wildman–Crippen LogP) is 3.04. The summed E-state index contributed by atoms with van der Waals surface area (Å²) in [5.41, 5.74) is 14.5. The fourth-order valence-corrected chi connectivity index (χ4v) is 8.64. The number of nitrogen functional groups attached to an aromatic ring is 1. The van der Waals surface area contributed by atoms with Crippen LogP contribution in [0, 0.1) is 0 Å². The van der Waals surface area contributed by atoms with E-state index in [9.17, 15) is 14.3 Å². The highest BCUT2D eigenvalue weighted by molar-refractivity contribution is 8.44. The van der Waals surface area contributed by atoms with Crippen LogP contribution in [0.2, 0.25) is 0 Å². The molecule has 4 aromatic heterocycles. The second kappa shape index (κ2) is 15.2. The lowest BCUT2D eigenvalue weighted by Crippen LogP contribution is -2.37. The lowest BCUT2D eigenvalue weighted by molar-refractivity contribution is -0.0564. The number of ether oxygens (including phenoxy) is 3. The maximum absolute atomic E-state index is 16.3. The van der Waals surface area contributed by atoms with Crippen LogP contribution >= 0.6 is 25.8 Å². The largest absolute Gasteiger partial charge is 0.449 e. The minimum absolute atomic E-state index is 0.00112. The summed E-state index contributed by atoms with van der Waals surface area (Å²) in [6, 6.07) is 0. The molecule has 23 nitrogen and oxygen atoms in total. The van der Waals surface area contributed by atoms with Crippen LogP contribution in [0.1, 0.15) is 18.9 Å². The van der Waals surface area contributed by atoms with Crippen molar-refractivity contribution < 1.29 is 55.3 Å². The van der Waals surface area contributed by atoms with E-state index < -0.39 is 82.0 Å². The van der Waals surface area contributed by atoms with Gasteiger partial charge in [-0.05, 0) is 23.8 Å². The first-order chi connectivity index (χ1) is 25.4. The maximum Gasteiger partial charge on any atom is 0.412 e. The summed E-state index contributed by atoms with van der Waals surface area (Å²) < 4.78 is 87.2. The molecule has 0 aliphatic carbocycles. The SMILES string of the molecule is [N-]=[N+]=NCCCOC(=O)Nc1ncnc2c1ncn2[C@@H]1O[C@@H]2COP(O)(=S)O[C@H]3[C@@H](F)[C@H](n4cnc5c(N)ncnc54)O[C@@H]3COP(=O)(S)O[C@H]2[C@H]1F. The van der Waals surface area contributed by atoms with Gasteiger partial charge in [0.2, 0.25) is 0 Å². The number of hydrogen-bond donors (Lipinski definition) is 4. The van der Waals surface area contributed by atoms with Gasteiger partial charge in [0, 0.05) is 11.5 Å². The van der Waals surface area contributed by atoms with Gasteiger partial charge in [-0.3, -0.25) is 28.0 Å². The van der Waals surface area contributed by atoms with Crippen LogP contribution in [0.3, 0.4) is 0 Å². The van der Waals surface area contributed by atoms with Crippen LogP contribution in [-0.4, -0.2) is 113 Å². The first-order valence-corrected chi connectivity index (χ1v) is 20.6. The van der Waals surface area contributed by atoms with Crippen molar-refractivity contribution in [2.24, 2.45) is 5.11 Å². The van der Waals surface area contributed by atoms with Gasteiger partial charge in [0.25, 0.3) is 0 Å². The van der Waals surface area contributed by atoms with Gasteiger partial charge in [-0.25, -0.2) is 48.0 Å². The van der Waals surface area contributed by atoms with Gasteiger partial charge < -0.3 is 29.4 Å². The number of nitrogens with one attached hydrogen (secondary N) is 1. The zero-order valence-corrected chi connectivity index (χ0v) is 30.1. The number of carbonyl (C=O) groups is 1. The summed E-state index contributed by atoms with van der Waals surface area (Å²) in [4.78, 5) is 50.3. The normalized spacial score (nSPS) is 33.4. The van der Waals surface area contributed by atoms with Gasteiger partial charge >= 0.3 is 19.6 Å². The molecule has 7 rings (SSSR count). The van der Waals surface area contributed by atoms with Gasteiger partial charge in [0.05, 0.1) is 32.5 Å². The molecule has 0 radical (unpaired) electrons. The van der Waals surface area contributed by atoms with Gasteiger partial charge in [0.1, 0.15) is 42.6 Å². The van der Waals surface area contributed by atoms with E-state index in [0.717, 1.165) is 23.5 Å². The molecule has 4 aromatic rings. The van der Waals surface area contributed by atoms with E-state index in [4.69, 9.17) is 55.4 Å². The average molecular weight is 822 g/mol. The Kier molecular flexibility index (Phi) is 10.8. The molecule has 1 amide bonds. The molecule has 3 saturated heterocycles. The molecule has 0 saturated carbocycles. The zero-order chi connectivity index (χ0) is 37.5. The van der Waals surface area contributed by atoms with Gasteiger partial charge in [-0.2, -0.15) is 0 Å². The molecule has 29 heteroatoms. The van der Waals surface area contributed by atoms with Crippen LogP contribution in [0.15, 0.2) is 30.4 Å². The molecule has 2 unspecified atom stereocenters. The van der Waals surface area contributed by atoms with Gasteiger partial charge in [0.15, 0.2) is 53.2 Å². The van der Waals surface area contributed by atoms with E-state index in [0.29, 0.717) is 0 Å². The Labute approximate surface area is 305 Å². The molecule has 53 heavy (non-hydrogen) atoms. The quantitative estimate of drug-likeness (QED) is 0.0520. The van der Waals surface area contributed by atoms with Crippen molar-refractivity contribution in [1.82, 2.24) is 39.0 Å². The summed E-state index contributed by atoms with van der Waals surface area (Å²) in [5, 5.41) is 5.75. The molecule has 3 aliphatic rings. The highest BCUT2D eigenvalue weighted by atomic mass is 32.7. The summed E-state index contributed by atoms with van der Waals surface area (Å²) in [6.07, 6.45) is -9.39. The Balaban J connectivity index is 1.09. The Morgan fingerprint density at radius 1 is 1.04 bits per heavy atom. The van der Waals surface area contributed by atoms with E-state index in [1.165, 1.54) is 10.9 Å². The molecule has 3 aliphatic heterocycles. The van der Waals surface area contributed by atoms with E-state index in [1.807, 2.05) is 0 Å². The summed E-state index contributed by atoms with van der Waals surface area (Å²) >= 11 is 9.20. The van der Waals surface area contributed by atoms with E-state index in [2.05, 4.69) is 57.5 Å². The Hall–Kier alpha value is -3.71. The number of alkyl halides is 2. The van der Waals surface area contributed by atoms with E-state index in [-0.39, 0.29) is 53.5 Å². The lowest BCUT2D eigenvalue weighted by Gasteiger charge is -2.29. The lowest BCUT2D eigenvalue weighted by atomic mass is 10.1. The number of fused-ring (bicyclic) bond motifs is 4. The molecule has 7 heterocycles. The number of anilines is 2. The minimum atomic E-state index is -4.47. The highest BCUT2D eigenvalue weighted by Crippen LogP contribution is 2.58. The van der Waals surface area contributed by atoms with E-state index in [1.54, 1.807) is 0 Å². The number of carbonyl (C=O) groups excluding carboxylic acids is 1. The van der Waals surface area contributed by atoms with Crippen LogP contribution in [0.25, 0.3) is 32.8 Å². The van der Waals surface area contributed by atoms with Gasteiger partial charge in [-0.1, -0.05) is 17.4 Å². The molecule has 10 atom stereocenters. The minimum Gasteiger partial charge on any atom is -0.449 e. The second-order valence-electron chi connectivity index (χ2n) is 11.4. The number of amides is 1. The Morgan fingerprint density at radius 3 is 2.32 bits per heavy atom. The third kappa shape index (κ3) is 7.78. The topological polar surface area (TPSA) is 293 Å². The van der Waals surface area contributed by atoms with Gasteiger partial charge in [-0.15, -0.1) is 0 Å². The van der Waals surface area contributed by atoms with Crippen LogP contribution in [0.4, 0.5) is 25.2 Å². The third-order valence-electron chi connectivity index (χ3n) is 8.06. The molecule has 4 N–H and O–H groups in total. The zero-order valence-electron chi connectivity index (χ0n) is 26.6. The summed E-state index contributed by atoms with van der Waals surface area (Å²) in [6.45, 7) is -10.1. The van der Waals surface area contributed by atoms with Crippen molar-refractivity contribution >= 4 is 77.6 Å². The van der Waals surface area contributed by atoms with Crippen LogP contribution < -0.4 is 11.1 Å². The average Bonchev–Trinajstić information content (AvgIpc) is 3.88. The molecule has 0 bridgehead atoms. The monoisotopic (exact) mass is 821 g/mol. The molecule has 0 aromatic carbocycles. The predicted molar refractivity (Wildman–Crippen MR) is 181 cm³/mol. The number of imidazole rings is 2. The van der Waals surface area contributed by atoms with Crippen LogP contribution in [-0.2, 0) is 48.7 Å². The number of rotatable bonds is 7. The smallest absolute Gasteiger partial charge is 0.412 e. The number of halogens is 2. The Morgan fingerprint density at radius 2 is 1.64 bits per heavy atom. The summed E-state index contributed by atoms with van der Waals surface area (Å²) in [7, 11) is 0. The summed E-state index contributed by atoms with van der Waals surface area (Å²) in [5.74, 6) is -0.0491. The number of hydrogen-bond acceptors (Lipinski definition) is 18. The van der Waals surface area contributed by atoms with Crippen molar-refractivity contribution in [2.75, 3.05) is 37.4 Å². The number of aromatic nitrogens is 8. The molecular formula is C24H27F2N13O10P2S2. The van der Waals surface area contributed by atoms with Crippen molar-refractivity contribution in [2.45, 2.75) is 55.6 Å². The fraction of sp³-hybridized carbons (Fsp3) is 0.542. The third-order valence-corrected chi connectivity index (χ3v) is 11.2. The van der Waals surface area contributed by atoms with E-state index >= 15 is 8.78 Å².